The van der Waals surface area contributed by atoms with Crippen LogP contribution in [-0.2, 0) is 11.8 Å². The maximum atomic E-state index is 11.4. The molecule has 0 unspecified atom stereocenters. The van der Waals surface area contributed by atoms with Gasteiger partial charge in [0, 0.05) is 13.5 Å². The van der Waals surface area contributed by atoms with E-state index in [4.69, 9.17) is 0 Å². The molecule has 5 nitrogen and oxygen atoms in total. The van der Waals surface area contributed by atoms with E-state index >= 15 is 0 Å². The standard InChI is InChI=1S/C9H13N3O2/c1-3-4-7(13)5-9(14)8-6-12(2)11-10-8/h6H,3-5H2,1-2H3. The summed E-state index contributed by atoms with van der Waals surface area (Å²) in [5.74, 6) is -0.292. The van der Waals surface area contributed by atoms with Crippen molar-refractivity contribution in [3.63, 3.8) is 0 Å². The molecule has 0 saturated carbocycles. The van der Waals surface area contributed by atoms with Crippen molar-refractivity contribution in [2.45, 2.75) is 26.2 Å². The summed E-state index contributed by atoms with van der Waals surface area (Å²) in [6.07, 6.45) is 2.67. The molecule has 0 aliphatic carbocycles. The summed E-state index contributed by atoms with van der Waals surface area (Å²) in [5.41, 5.74) is 0.261. The molecule has 1 aromatic heterocycles. The van der Waals surface area contributed by atoms with Gasteiger partial charge in [0.2, 0.25) is 0 Å². The second-order valence-electron chi connectivity index (χ2n) is 3.17. The first-order chi connectivity index (χ1) is 6.63. The van der Waals surface area contributed by atoms with E-state index in [1.54, 1.807) is 7.05 Å². The molecule has 0 bridgehead atoms. The molecule has 0 spiro atoms. The zero-order valence-corrected chi connectivity index (χ0v) is 8.36. The minimum absolute atomic E-state index is 0.0387. The highest BCUT2D eigenvalue weighted by atomic mass is 16.1. The van der Waals surface area contributed by atoms with Gasteiger partial charge in [-0.3, -0.25) is 14.3 Å². The second-order valence-corrected chi connectivity index (χ2v) is 3.17. The third-order valence-corrected chi connectivity index (χ3v) is 1.77. The lowest BCUT2D eigenvalue weighted by atomic mass is 10.1. The molecule has 0 atom stereocenters. The third kappa shape index (κ3) is 2.76. The van der Waals surface area contributed by atoms with Crippen LogP contribution in [0.25, 0.3) is 0 Å². The number of aromatic nitrogens is 3. The van der Waals surface area contributed by atoms with Crippen LogP contribution >= 0.6 is 0 Å². The van der Waals surface area contributed by atoms with Crippen LogP contribution in [0, 0.1) is 0 Å². The molecule has 0 saturated heterocycles. The largest absolute Gasteiger partial charge is 0.299 e. The quantitative estimate of drug-likeness (QED) is 0.514. The Balaban J connectivity index is 2.55. The molecule has 1 heterocycles. The molecule has 0 aliphatic heterocycles. The van der Waals surface area contributed by atoms with Crippen LogP contribution < -0.4 is 0 Å². The average molecular weight is 195 g/mol. The van der Waals surface area contributed by atoms with Crippen LogP contribution in [-0.4, -0.2) is 26.6 Å². The van der Waals surface area contributed by atoms with E-state index in [1.165, 1.54) is 10.9 Å². The SMILES string of the molecule is CCCC(=O)CC(=O)c1cn(C)nn1. The van der Waals surface area contributed by atoms with E-state index < -0.39 is 0 Å². The van der Waals surface area contributed by atoms with Crippen molar-refractivity contribution in [1.82, 2.24) is 15.0 Å². The van der Waals surface area contributed by atoms with Gasteiger partial charge in [0.25, 0.3) is 0 Å². The first-order valence-electron chi connectivity index (χ1n) is 4.54. The third-order valence-electron chi connectivity index (χ3n) is 1.77. The second kappa shape index (κ2) is 4.64. The Morgan fingerprint density at radius 2 is 2.21 bits per heavy atom. The molecule has 1 aromatic rings. The van der Waals surface area contributed by atoms with Crippen LogP contribution in [0.2, 0.25) is 0 Å². The average Bonchev–Trinajstić information content (AvgIpc) is 2.52. The van der Waals surface area contributed by atoms with Crippen LogP contribution in [0.3, 0.4) is 0 Å². The van der Waals surface area contributed by atoms with Crippen molar-refractivity contribution < 1.29 is 9.59 Å². The van der Waals surface area contributed by atoms with Crippen molar-refractivity contribution in [2.75, 3.05) is 0 Å². The van der Waals surface area contributed by atoms with Gasteiger partial charge < -0.3 is 0 Å². The molecule has 0 radical (unpaired) electrons. The topological polar surface area (TPSA) is 64.8 Å². The summed E-state index contributed by atoms with van der Waals surface area (Å²) >= 11 is 0. The van der Waals surface area contributed by atoms with E-state index in [-0.39, 0.29) is 23.7 Å². The molecule has 0 N–H and O–H groups in total. The number of hydrogen-bond donors (Lipinski definition) is 0. The van der Waals surface area contributed by atoms with E-state index in [2.05, 4.69) is 10.3 Å². The maximum Gasteiger partial charge on any atom is 0.192 e. The van der Waals surface area contributed by atoms with Crippen LogP contribution in [0.15, 0.2) is 6.20 Å². The van der Waals surface area contributed by atoms with E-state index in [0.717, 1.165) is 6.42 Å². The fourth-order valence-corrected chi connectivity index (χ4v) is 1.11. The Bertz CT molecular complexity index is 344. The number of ketones is 2. The van der Waals surface area contributed by atoms with Gasteiger partial charge >= 0.3 is 0 Å². The van der Waals surface area contributed by atoms with Gasteiger partial charge in [0.15, 0.2) is 5.78 Å². The van der Waals surface area contributed by atoms with Gasteiger partial charge in [0.05, 0.1) is 12.6 Å². The predicted octanol–water partition coefficient (Wildman–Crippen LogP) is 0.757. The summed E-state index contributed by atoms with van der Waals surface area (Å²) in [5, 5.41) is 7.27. The van der Waals surface area contributed by atoms with E-state index in [0.29, 0.717) is 6.42 Å². The Hall–Kier alpha value is -1.52. The van der Waals surface area contributed by atoms with Gasteiger partial charge in [-0.25, -0.2) is 0 Å². The first kappa shape index (κ1) is 10.6. The smallest absolute Gasteiger partial charge is 0.192 e. The molecule has 0 fully saturated rings. The Morgan fingerprint density at radius 3 is 2.71 bits per heavy atom. The van der Waals surface area contributed by atoms with Crippen LogP contribution in [0.1, 0.15) is 36.7 Å². The fraction of sp³-hybridized carbons (Fsp3) is 0.556. The predicted molar refractivity (Wildman–Crippen MR) is 49.9 cm³/mol. The molecule has 14 heavy (non-hydrogen) atoms. The van der Waals surface area contributed by atoms with E-state index in [9.17, 15) is 9.59 Å². The zero-order valence-electron chi connectivity index (χ0n) is 8.36. The van der Waals surface area contributed by atoms with E-state index in [1.807, 2.05) is 6.92 Å². The highest BCUT2D eigenvalue weighted by Gasteiger charge is 2.13. The van der Waals surface area contributed by atoms with Crippen molar-refractivity contribution >= 4 is 11.6 Å². The molecular formula is C9H13N3O2. The summed E-state index contributed by atoms with van der Waals surface area (Å²) in [6.45, 7) is 1.91. The van der Waals surface area contributed by atoms with Crippen molar-refractivity contribution in [3.8, 4) is 0 Å². The van der Waals surface area contributed by atoms with Crippen molar-refractivity contribution in [3.05, 3.63) is 11.9 Å². The van der Waals surface area contributed by atoms with Gasteiger partial charge in [-0.2, -0.15) is 0 Å². The van der Waals surface area contributed by atoms with Gasteiger partial charge in [-0.05, 0) is 6.42 Å². The highest BCUT2D eigenvalue weighted by Crippen LogP contribution is 2.01. The molecule has 1 rings (SSSR count). The maximum absolute atomic E-state index is 11.4. The fourth-order valence-electron chi connectivity index (χ4n) is 1.11. The van der Waals surface area contributed by atoms with Crippen LogP contribution in [0.4, 0.5) is 0 Å². The number of nitrogens with zero attached hydrogens (tertiary/aromatic N) is 3. The lowest BCUT2D eigenvalue weighted by Crippen LogP contribution is -2.08. The molecule has 0 aliphatic rings. The van der Waals surface area contributed by atoms with Crippen molar-refractivity contribution in [2.24, 2.45) is 7.05 Å². The Morgan fingerprint density at radius 1 is 1.50 bits per heavy atom. The molecule has 5 heteroatoms. The molecule has 0 amide bonds. The number of Topliss-reactive ketones (excluding diaryl/α,β-unsaturated/α-hetero) is 2. The Kier molecular flexibility index (Phi) is 3.50. The number of rotatable bonds is 5. The molecular weight excluding hydrogens is 182 g/mol. The number of hydrogen-bond acceptors (Lipinski definition) is 4. The van der Waals surface area contributed by atoms with Crippen molar-refractivity contribution in [1.29, 1.82) is 0 Å². The van der Waals surface area contributed by atoms with Gasteiger partial charge in [0.1, 0.15) is 11.5 Å². The minimum atomic E-state index is -0.253. The molecule has 0 aromatic carbocycles. The monoisotopic (exact) mass is 195 g/mol. The summed E-state index contributed by atoms with van der Waals surface area (Å²) < 4.78 is 1.44. The zero-order chi connectivity index (χ0) is 10.6. The summed E-state index contributed by atoms with van der Waals surface area (Å²) in [6, 6.07) is 0. The van der Waals surface area contributed by atoms with Gasteiger partial charge in [-0.1, -0.05) is 12.1 Å². The lowest BCUT2D eigenvalue weighted by Gasteiger charge is -1.94. The minimum Gasteiger partial charge on any atom is -0.299 e. The summed E-state index contributed by atoms with van der Waals surface area (Å²) in [7, 11) is 1.68. The number of carbonyl (C=O) groups excluding carboxylic acids is 2. The normalized spacial score (nSPS) is 10.1. The lowest BCUT2D eigenvalue weighted by molar-refractivity contribution is -0.118. The number of aryl methyl sites for hydroxylation is 1. The summed E-state index contributed by atoms with van der Waals surface area (Å²) in [4.78, 5) is 22.6. The highest BCUT2D eigenvalue weighted by molar-refractivity contribution is 6.06. The van der Waals surface area contributed by atoms with Gasteiger partial charge in [-0.15, -0.1) is 5.10 Å². The number of carbonyl (C=O) groups is 2. The Labute approximate surface area is 82.1 Å². The first-order valence-corrected chi connectivity index (χ1v) is 4.54. The molecule has 76 valence electrons. The van der Waals surface area contributed by atoms with Crippen LogP contribution in [0.5, 0.6) is 0 Å².